The summed E-state index contributed by atoms with van der Waals surface area (Å²) < 4.78 is 0.799. The Labute approximate surface area is 106 Å². The second kappa shape index (κ2) is 5.40. The molecular weight excluding hydrogens is 290 g/mol. The lowest BCUT2D eigenvalue weighted by Gasteiger charge is -2.02. The highest BCUT2D eigenvalue weighted by molar-refractivity contribution is 9.10. The van der Waals surface area contributed by atoms with Gasteiger partial charge in [-0.3, -0.25) is 5.10 Å². The van der Waals surface area contributed by atoms with E-state index in [1.54, 1.807) is 0 Å². The van der Waals surface area contributed by atoms with Gasteiger partial charge in [-0.2, -0.15) is 5.10 Å². The second-order valence-corrected chi connectivity index (χ2v) is 4.91. The molecule has 5 nitrogen and oxygen atoms in total. The molecule has 0 unspecified atom stereocenters. The van der Waals surface area contributed by atoms with Crippen LogP contribution in [-0.2, 0) is 6.42 Å². The molecule has 2 aromatic rings. The lowest BCUT2D eigenvalue weighted by atomic mass is 10.3. The molecule has 0 aliphatic heterocycles. The van der Waals surface area contributed by atoms with Crippen molar-refractivity contribution in [2.45, 2.75) is 29.9 Å². The molecule has 0 amide bonds. The van der Waals surface area contributed by atoms with Crippen LogP contribution in [0.5, 0.6) is 0 Å². The third-order valence-corrected chi connectivity index (χ3v) is 3.00. The maximum absolute atomic E-state index is 4.43. The minimum Gasteiger partial charge on any atom is -0.254 e. The monoisotopic (exact) mass is 299 g/mol. The van der Waals surface area contributed by atoms with Crippen LogP contribution in [0.4, 0.5) is 0 Å². The molecular formula is C9H10BrN5S. The summed E-state index contributed by atoms with van der Waals surface area (Å²) in [6.07, 6.45) is 3.39. The highest BCUT2D eigenvalue weighted by Gasteiger charge is 2.05. The fraction of sp³-hybridized carbons (Fsp3) is 0.333. The van der Waals surface area contributed by atoms with E-state index in [-0.39, 0.29) is 0 Å². The Balaban J connectivity index is 2.20. The van der Waals surface area contributed by atoms with Crippen LogP contribution in [0, 0.1) is 0 Å². The number of H-pyrrole nitrogens is 1. The number of hydrogen-bond acceptors (Lipinski definition) is 5. The van der Waals surface area contributed by atoms with Crippen LogP contribution in [0.2, 0.25) is 0 Å². The van der Waals surface area contributed by atoms with Gasteiger partial charge in [0.15, 0.2) is 5.16 Å². The van der Waals surface area contributed by atoms with Crippen LogP contribution in [0.3, 0.4) is 0 Å². The average molecular weight is 300 g/mol. The van der Waals surface area contributed by atoms with Crippen LogP contribution >= 0.6 is 27.7 Å². The van der Waals surface area contributed by atoms with Crippen molar-refractivity contribution in [1.29, 1.82) is 0 Å². The zero-order valence-electron chi connectivity index (χ0n) is 8.64. The second-order valence-electron chi connectivity index (χ2n) is 3.09. The Morgan fingerprint density at radius 2 is 2.31 bits per heavy atom. The van der Waals surface area contributed by atoms with Crippen LogP contribution < -0.4 is 0 Å². The van der Waals surface area contributed by atoms with E-state index in [4.69, 9.17) is 0 Å². The molecule has 0 aliphatic rings. The normalized spacial score (nSPS) is 10.6. The Hall–Kier alpha value is -0.950. The van der Waals surface area contributed by atoms with Crippen molar-refractivity contribution in [3.63, 3.8) is 0 Å². The third-order valence-electron chi connectivity index (χ3n) is 1.79. The first-order chi connectivity index (χ1) is 7.78. The molecule has 0 atom stereocenters. The van der Waals surface area contributed by atoms with Crippen LogP contribution in [0.25, 0.3) is 0 Å². The molecule has 0 radical (unpaired) electrons. The maximum atomic E-state index is 4.43. The number of nitrogens with one attached hydrogen (secondary N) is 1. The van der Waals surface area contributed by atoms with Crippen molar-refractivity contribution in [3.8, 4) is 0 Å². The van der Waals surface area contributed by atoms with E-state index >= 15 is 0 Å². The van der Waals surface area contributed by atoms with E-state index < -0.39 is 0 Å². The number of rotatable bonds is 4. The van der Waals surface area contributed by atoms with Gasteiger partial charge in [-0.25, -0.2) is 15.0 Å². The van der Waals surface area contributed by atoms with Gasteiger partial charge in [-0.15, -0.1) is 0 Å². The van der Waals surface area contributed by atoms with Crippen molar-refractivity contribution < 1.29 is 0 Å². The van der Waals surface area contributed by atoms with E-state index in [0.717, 1.165) is 33.5 Å². The molecule has 0 saturated heterocycles. The highest BCUT2D eigenvalue weighted by Crippen LogP contribution is 2.24. The summed E-state index contributed by atoms with van der Waals surface area (Å²) in [6.45, 7) is 2.10. The number of aryl methyl sites for hydroxylation is 1. The number of halogens is 1. The van der Waals surface area contributed by atoms with Gasteiger partial charge in [0.2, 0.25) is 0 Å². The Morgan fingerprint density at radius 1 is 1.44 bits per heavy atom. The topological polar surface area (TPSA) is 67.3 Å². The molecule has 1 N–H and O–H groups in total. The Morgan fingerprint density at radius 3 is 3.00 bits per heavy atom. The van der Waals surface area contributed by atoms with Crippen molar-refractivity contribution in [2.24, 2.45) is 0 Å². The SMILES string of the molecule is CCCc1nc(Br)cc(Sc2ncn[nH]2)n1. The summed E-state index contributed by atoms with van der Waals surface area (Å²) in [6, 6.07) is 1.87. The molecule has 16 heavy (non-hydrogen) atoms. The largest absolute Gasteiger partial charge is 0.254 e. The molecule has 0 aliphatic carbocycles. The molecule has 0 saturated carbocycles. The third kappa shape index (κ3) is 3.02. The number of aromatic nitrogens is 5. The zero-order valence-corrected chi connectivity index (χ0v) is 11.0. The first-order valence-corrected chi connectivity index (χ1v) is 6.45. The summed E-state index contributed by atoms with van der Waals surface area (Å²) in [4.78, 5) is 12.8. The summed E-state index contributed by atoms with van der Waals surface area (Å²) in [7, 11) is 0. The van der Waals surface area contributed by atoms with Gasteiger partial charge in [-0.1, -0.05) is 6.92 Å². The molecule has 84 valence electrons. The van der Waals surface area contributed by atoms with Crippen LogP contribution in [0.1, 0.15) is 19.2 Å². The molecule has 2 aromatic heterocycles. The van der Waals surface area contributed by atoms with Gasteiger partial charge in [0.25, 0.3) is 0 Å². The van der Waals surface area contributed by atoms with E-state index in [1.807, 2.05) is 6.07 Å². The smallest absolute Gasteiger partial charge is 0.189 e. The Bertz CT molecular complexity index is 459. The van der Waals surface area contributed by atoms with Gasteiger partial charge in [-0.05, 0) is 34.1 Å². The fourth-order valence-corrected chi connectivity index (χ4v) is 2.46. The first-order valence-electron chi connectivity index (χ1n) is 4.84. The highest BCUT2D eigenvalue weighted by atomic mass is 79.9. The van der Waals surface area contributed by atoms with Gasteiger partial charge < -0.3 is 0 Å². The molecule has 0 fully saturated rings. The van der Waals surface area contributed by atoms with Gasteiger partial charge in [0.1, 0.15) is 21.8 Å². The summed E-state index contributed by atoms with van der Waals surface area (Å²) in [5, 5.41) is 8.16. The molecule has 2 rings (SSSR count). The molecule has 2 heterocycles. The standard InChI is InChI=1S/C9H10BrN5S/c1-2-3-7-13-6(10)4-8(14-7)16-9-11-5-12-15-9/h4-5H,2-3H2,1H3,(H,11,12,15). The van der Waals surface area contributed by atoms with Crippen molar-refractivity contribution >= 4 is 27.7 Å². The molecule has 0 spiro atoms. The van der Waals surface area contributed by atoms with Gasteiger partial charge >= 0.3 is 0 Å². The predicted molar refractivity (Wildman–Crippen MR) is 64.2 cm³/mol. The first kappa shape index (κ1) is 11.5. The predicted octanol–water partition coefficient (Wildman–Crippen LogP) is 2.46. The van der Waals surface area contributed by atoms with E-state index in [2.05, 4.69) is 48.0 Å². The molecule has 7 heteroatoms. The summed E-state index contributed by atoms with van der Waals surface area (Å²) >= 11 is 4.81. The number of aromatic amines is 1. The Kier molecular flexibility index (Phi) is 3.89. The van der Waals surface area contributed by atoms with E-state index in [0.29, 0.717) is 0 Å². The molecule has 0 bridgehead atoms. The average Bonchev–Trinajstić information content (AvgIpc) is 2.70. The lowest BCUT2D eigenvalue weighted by Crippen LogP contribution is -1.96. The van der Waals surface area contributed by atoms with E-state index in [9.17, 15) is 0 Å². The van der Waals surface area contributed by atoms with Crippen LogP contribution in [0.15, 0.2) is 27.2 Å². The maximum Gasteiger partial charge on any atom is 0.189 e. The van der Waals surface area contributed by atoms with Crippen molar-refractivity contribution in [3.05, 3.63) is 22.8 Å². The summed E-state index contributed by atoms with van der Waals surface area (Å²) in [5.74, 6) is 0.846. The summed E-state index contributed by atoms with van der Waals surface area (Å²) in [5.41, 5.74) is 0. The van der Waals surface area contributed by atoms with Crippen molar-refractivity contribution in [1.82, 2.24) is 25.1 Å². The van der Waals surface area contributed by atoms with E-state index in [1.165, 1.54) is 18.1 Å². The number of hydrogen-bond donors (Lipinski definition) is 1. The number of nitrogens with zero attached hydrogens (tertiary/aromatic N) is 4. The van der Waals surface area contributed by atoms with Crippen LogP contribution in [-0.4, -0.2) is 25.1 Å². The molecule has 0 aromatic carbocycles. The minimum atomic E-state index is 0.730. The minimum absolute atomic E-state index is 0.730. The van der Waals surface area contributed by atoms with Gasteiger partial charge in [0, 0.05) is 12.5 Å². The van der Waals surface area contributed by atoms with Crippen molar-refractivity contribution in [2.75, 3.05) is 0 Å². The van der Waals surface area contributed by atoms with Gasteiger partial charge in [0.05, 0.1) is 0 Å². The lowest BCUT2D eigenvalue weighted by molar-refractivity contribution is 0.801. The quantitative estimate of drug-likeness (QED) is 0.879. The fourth-order valence-electron chi connectivity index (χ4n) is 1.17. The zero-order chi connectivity index (χ0) is 11.4.